The van der Waals surface area contributed by atoms with Crippen LogP contribution in [0.5, 0.6) is 0 Å². The number of hydrogen-bond acceptors (Lipinski definition) is 1. The third-order valence-corrected chi connectivity index (χ3v) is 2.59. The number of nitrogens with two attached hydrogens (primary N) is 1. The van der Waals surface area contributed by atoms with Crippen molar-refractivity contribution in [3.05, 3.63) is 34.9 Å². The highest BCUT2D eigenvalue weighted by molar-refractivity contribution is 5.85. The Labute approximate surface area is 91.9 Å². The quantitative estimate of drug-likeness (QED) is 0.737. The highest BCUT2D eigenvalue weighted by Gasteiger charge is 2.32. The van der Waals surface area contributed by atoms with Crippen LogP contribution >= 0.6 is 12.4 Å². The minimum Gasteiger partial charge on any atom is -0.324 e. The standard InChI is InChI=1S/C10H10F3N.ClH/c11-10(12,13)7-2-3-8-6(5-7)1-4-9(8)14;/h2-3,5,9H,1,4,14H2;1H. The van der Waals surface area contributed by atoms with Gasteiger partial charge >= 0.3 is 6.18 Å². The second kappa shape index (κ2) is 4.02. The van der Waals surface area contributed by atoms with E-state index >= 15 is 0 Å². The molecule has 0 aliphatic heterocycles. The molecule has 2 N–H and O–H groups in total. The average Bonchev–Trinajstić information content (AvgIpc) is 2.46. The second-order valence-corrected chi connectivity index (χ2v) is 3.56. The van der Waals surface area contributed by atoms with E-state index in [9.17, 15) is 13.2 Å². The predicted octanol–water partition coefficient (Wildman–Crippen LogP) is 3.07. The zero-order chi connectivity index (χ0) is 10.3. The molecule has 1 aromatic carbocycles. The molecule has 0 saturated heterocycles. The topological polar surface area (TPSA) is 26.0 Å². The molecule has 0 bridgehead atoms. The van der Waals surface area contributed by atoms with Crippen LogP contribution in [-0.2, 0) is 12.6 Å². The number of alkyl halides is 3. The smallest absolute Gasteiger partial charge is 0.324 e. The first kappa shape index (κ1) is 12.3. The Bertz CT molecular complexity index is 362. The minimum atomic E-state index is -4.25. The van der Waals surface area contributed by atoms with Gasteiger partial charge in [-0.05, 0) is 36.1 Å². The van der Waals surface area contributed by atoms with Gasteiger partial charge in [0.25, 0.3) is 0 Å². The number of fused-ring (bicyclic) bond motifs is 1. The summed E-state index contributed by atoms with van der Waals surface area (Å²) in [5.41, 5.74) is 6.75. The third-order valence-electron chi connectivity index (χ3n) is 2.59. The fourth-order valence-corrected chi connectivity index (χ4v) is 1.83. The molecular formula is C10H11ClF3N. The van der Waals surface area contributed by atoms with Crippen LogP contribution in [0.25, 0.3) is 0 Å². The molecular weight excluding hydrogens is 227 g/mol. The molecule has 0 amide bonds. The maximum Gasteiger partial charge on any atom is 0.416 e. The summed E-state index contributed by atoms with van der Waals surface area (Å²) < 4.78 is 37.0. The highest BCUT2D eigenvalue weighted by Crippen LogP contribution is 2.35. The van der Waals surface area contributed by atoms with Crippen LogP contribution < -0.4 is 5.73 Å². The lowest BCUT2D eigenvalue weighted by Crippen LogP contribution is -2.08. The maximum absolute atomic E-state index is 12.3. The van der Waals surface area contributed by atoms with Gasteiger partial charge in [0.15, 0.2) is 0 Å². The molecule has 1 aliphatic rings. The lowest BCUT2D eigenvalue weighted by Gasteiger charge is -2.09. The zero-order valence-electron chi connectivity index (χ0n) is 7.84. The lowest BCUT2D eigenvalue weighted by atomic mass is 10.0. The summed E-state index contributed by atoms with van der Waals surface area (Å²) in [5.74, 6) is 0. The van der Waals surface area contributed by atoms with Crippen molar-refractivity contribution in [2.24, 2.45) is 5.73 Å². The van der Waals surface area contributed by atoms with Crippen molar-refractivity contribution < 1.29 is 13.2 Å². The largest absolute Gasteiger partial charge is 0.416 e. The Morgan fingerprint density at radius 1 is 1.27 bits per heavy atom. The number of halogens is 4. The molecule has 2 rings (SSSR count). The van der Waals surface area contributed by atoms with Gasteiger partial charge in [0, 0.05) is 6.04 Å². The molecule has 15 heavy (non-hydrogen) atoms. The SMILES string of the molecule is Cl.NC1CCc2cc(C(F)(F)F)ccc21. The first-order chi connectivity index (χ1) is 6.48. The van der Waals surface area contributed by atoms with Gasteiger partial charge in [-0.1, -0.05) is 6.07 Å². The summed E-state index contributed by atoms with van der Waals surface area (Å²) in [6.07, 6.45) is -2.85. The summed E-state index contributed by atoms with van der Waals surface area (Å²) in [5, 5.41) is 0. The second-order valence-electron chi connectivity index (χ2n) is 3.56. The van der Waals surface area contributed by atoms with Gasteiger partial charge in [-0.15, -0.1) is 12.4 Å². The summed E-state index contributed by atoms with van der Waals surface area (Å²) in [6, 6.07) is 3.72. The molecule has 1 aromatic rings. The Balaban J connectivity index is 0.00000112. The van der Waals surface area contributed by atoms with Crippen molar-refractivity contribution in [2.45, 2.75) is 25.1 Å². The zero-order valence-corrected chi connectivity index (χ0v) is 8.66. The third kappa shape index (κ3) is 2.26. The van der Waals surface area contributed by atoms with Crippen molar-refractivity contribution in [3.63, 3.8) is 0 Å². The van der Waals surface area contributed by atoms with Crippen LogP contribution in [-0.4, -0.2) is 0 Å². The Kier molecular flexibility index (Phi) is 3.31. The van der Waals surface area contributed by atoms with E-state index in [0.717, 1.165) is 23.6 Å². The Morgan fingerprint density at radius 3 is 2.53 bits per heavy atom. The summed E-state index contributed by atoms with van der Waals surface area (Å²) >= 11 is 0. The molecule has 0 fully saturated rings. The van der Waals surface area contributed by atoms with E-state index in [1.165, 1.54) is 12.1 Å². The summed E-state index contributed by atoms with van der Waals surface area (Å²) in [6.45, 7) is 0. The maximum atomic E-state index is 12.3. The fourth-order valence-electron chi connectivity index (χ4n) is 1.83. The number of hydrogen-bond donors (Lipinski definition) is 1. The first-order valence-corrected chi connectivity index (χ1v) is 4.44. The Morgan fingerprint density at radius 2 is 1.93 bits per heavy atom. The van der Waals surface area contributed by atoms with E-state index in [1.807, 2.05) is 0 Å². The number of benzene rings is 1. The molecule has 1 atom stereocenters. The van der Waals surface area contributed by atoms with E-state index in [4.69, 9.17) is 5.73 Å². The van der Waals surface area contributed by atoms with Gasteiger partial charge in [-0.3, -0.25) is 0 Å². The minimum absolute atomic E-state index is 0. The van der Waals surface area contributed by atoms with Crippen molar-refractivity contribution in [2.75, 3.05) is 0 Å². The van der Waals surface area contributed by atoms with Crippen molar-refractivity contribution in [1.29, 1.82) is 0 Å². The molecule has 0 radical (unpaired) electrons. The molecule has 1 nitrogen and oxygen atoms in total. The molecule has 1 aliphatic carbocycles. The van der Waals surface area contributed by atoms with Crippen LogP contribution in [0.1, 0.15) is 29.2 Å². The molecule has 5 heteroatoms. The predicted molar refractivity (Wildman–Crippen MR) is 53.9 cm³/mol. The van der Waals surface area contributed by atoms with E-state index in [2.05, 4.69) is 0 Å². The van der Waals surface area contributed by atoms with E-state index < -0.39 is 11.7 Å². The molecule has 0 spiro atoms. The van der Waals surface area contributed by atoms with Crippen LogP contribution in [0.15, 0.2) is 18.2 Å². The summed E-state index contributed by atoms with van der Waals surface area (Å²) in [4.78, 5) is 0. The molecule has 84 valence electrons. The Hall–Kier alpha value is -0.740. The van der Waals surface area contributed by atoms with Crippen molar-refractivity contribution in [1.82, 2.24) is 0 Å². The van der Waals surface area contributed by atoms with Gasteiger partial charge in [-0.25, -0.2) is 0 Å². The molecule has 1 unspecified atom stereocenters. The van der Waals surface area contributed by atoms with Gasteiger partial charge in [0.1, 0.15) is 0 Å². The first-order valence-electron chi connectivity index (χ1n) is 4.44. The number of rotatable bonds is 0. The van der Waals surface area contributed by atoms with E-state index in [1.54, 1.807) is 0 Å². The summed E-state index contributed by atoms with van der Waals surface area (Å²) in [7, 11) is 0. The lowest BCUT2D eigenvalue weighted by molar-refractivity contribution is -0.137. The van der Waals surface area contributed by atoms with Crippen LogP contribution in [0.4, 0.5) is 13.2 Å². The van der Waals surface area contributed by atoms with Crippen molar-refractivity contribution >= 4 is 12.4 Å². The highest BCUT2D eigenvalue weighted by atomic mass is 35.5. The van der Waals surface area contributed by atoms with E-state index in [0.29, 0.717) is 6.42 Å². The monoisotopic (exact) mass is 237 g/mol. The van der Waals surface area contributed by atoms with Gasteiger partial charge in [-0.2, -0.15) is 13.2 Å². The molecule has 0 aromatic heterocycles. The fraction of sp³-hybridized carbons (Fsp3) is 0.400. The number of aryl methyl sites for hydroxylation is 1. The van der Waals surface area contributed by atoms with Crippen LogP contribution in [0.2, 0.25) is 0 Å². The van der Waals surface area contributed by atoms with Gasteiger partial charge in [0.2, 0.25) is 0 Å². The normalized spacial score (nSPS) is 19.6. The van der Waals surface area contributed by atoms with Gasteiger partial charge < -0.3 is 5.73 Å². The molecule has 0 heterocycles. The van der Waals surface area contributed by atoms with E-state index in [-0.39, 0.29) is 18.4 Å². The molecule has 0 saturated carbocycles. The van der Waals surface area contributed by atoms with Crippen molar-refractivity contribution in [3.8, 4) is 0 Å². The van der Waals surface area contributed by atoms with Crippen LogP contribution in [0, 0.1) is 0 Å². The van der Waals surface area contributed by atoms with Crippen LogP contribution in [0.3, 0.4) is 0 Å². The van der Waals surface area contributed by atoms with Gasteiger partial charge in [0.05, 0.1) is 5.56 Å². The average molecular weight is 238 g/mol.